The van der Waals surface area contributed by atoms with E-state index in [-0.39, 0.29) is 0 Å². The molecule has 0 spiro atoms. The highest BCUT2D eigenvalue weighted by Crippen LogP contribution is 2.40. The van der Waals surface area contributed by atoms with Gasteiger partial charge in [0.2, 0.25) is 0 Å². The molecule has 0 unspecified atom stereocenters. The molecule has 0 bridgehead atoms. The van der Waals surface area contributed by atoms with E-state index in [4.69, 9.17) is 4.74 Å². The summed E-state index contributed by atoms with van der Waals surface area (Å²) in [5.41, 5.74) is 0. The molecule has 1 saturated heterocycles. The van der Waals surface area contributed by atoms with Crippen molar-refractivity contribution in [2.75, 3.05) is 46.9 Å². The van der Waals surface area contributed by atoms with Crippen LogP contribution in [0.5, 0.6) is 0 Å². The van der Waals surface area contributed by atoms with Gasteiger partial charge in [0.1, 0.15) is 5.01 Å². The summed E-state index contributed by atoms with van der Waals surface area (Å²) in [4.78, 5) is 9.55. The van der Waals surface area contributed by atoms with Crippen LogP contribution in [0.2, 0.25) is 0 Å². The fourth-order valence-electron chi connectivity index (χ4n) is 4.30. The van der Waals surface area contributed by atoms with Gasteiger partial charge in [0.25, 0.3) is 0 Å². The van der Waals surface area contributed by atoms with Crippen LogP contribution in [0.3, 0.4) is 0 Å². The third-order valence-corrected chi connectivity index (χ3v) is 6.15. The number of ether oxygens (including phenoxy) is 1. The maximum Gasteiger partial charge on any atom is 0.107 e. The Morgan fingerprint density at radius 3 is 3.09 bits per heavy atom. The Bertz CT molecular complexity index is 439. The third kappa shape index (κ3) is 4.07. The van der Waals surface area contributed by atoms with E-state index in [2.05, 4.69) is 27.2 Å². The molecule has 1 aliphatic heterocycles. The predicted molar refractivity (Wildman–Crippen MR) is 91.1 cm³/mol. The molecule has 3 rings (SSSR count). The first kappa shape index (κ1) is 16.4. The van der Waals surface area contributed by atoms with Gasteiger partial charge in [-0.3, -0.25) is 4.90 Å². The number of aromatic nitrogens is 1. The minimum atomic E-state index is 0.841. The average molecular weight is 324 g/mol. The van der Waals surface area contributed by atoms with Crippen molar-refractivity contribution in [3.05, 3.63) is 16.6 Å². The topological polar surface area (TPSA) is 28.6 Å². The second-order valence-electron chi connectivity index (χ2n) is 6.99. The van der Waals surface area contributed by atoms with Gasteiger partial charge in [-0.1, -0.05) is 6.42 Å². The van der Waals surface area contributed by atoms with Gasteiger partial charge in [0, 0.05) is 44.9 Å². The van der Waals surface area contributed by atoms with Crippen molar-refractivity contribution in [1.29, 1.82) is 0 Å². The van der Waals surface area contributed by atoms with Crippen molar-refractivity contribution in [3.63, 3.8) is 0 Å². The van der Waals surface area contributed by atoms with Crippen molar-refractivity contribution in [3.8, 4) is 0 Å². The lowest BCUT2D eigenvalue weighted by molar-refractivity contribution is 0.117. The minimum absolute atomic E-state index is 0.841. The number of nitrogens with zero attached hydrogens (tertiary/aromatic N) is 3. The van der Waals surface area contributed by atoms with Crippen molar-refractivity contribution < 1.29 is 4.74 Å². The van der Waals surface area contributed by atoms with Gasteiger partial charge in [0.05, 0.1) is 13.2 Å². The molecule has 0 amide bonds. The number of hydrogen-bond acceptors (Lipinski definition) is 5. The molecule has 0 N–H and O–H groups in total. The van der Waals surface area contributed by atoms with Gasteiger partial charge in [-0.15, -0.1) is 11.3 Å². The predicted octanol–water partition coefficient (Wildman–Crippen LogP) is 2.57. The van der Waals surface area contributed by atoms with Gasteiger partial charge in [-0.25, -0.2) is 4.98 Å². The average Bonchev–Trinajstić information content (AvgIpc) is 3.15. The second kappa shape index (κ2) is 7.86. The summed E-state index contributed by atoms with van der Waals surface area (Å²) in [5.74, 6) is 2.66. The van der Waals surface area contributed by atoms with Crippen molar-refractivity contribution >= 4 is 11.3 Å². The Balaban J connectivity index is 1.53. The summed E-state index contributed by atoms with van der Waals surface area (Å²) in [6, 6.07) is 0. The molecular formula is C17H29N3OS. The maximum absolute atomic E-state index is 5.21. The molecule has 124 valence electrons. The van der Waals surface area contributed by atoms with Crippen LogP contribution in [0.25, 0.3) is 0 Å². The summed E-state index contributed by atoms with van der Waals surface area (Å²) in [6.07, 6.45) is 6.17. The van der Waals surface area contributed by atoms with Crippen molar-refractivity contribution in [2.24, 2.45) is 17.8 Å². The number of hydrogen-bond donors (Lipinski definition) is 0. The summed E-state index contributed by atoms with van der Waals surface area (Å²) >= 11 is 1.79. The second-order valence-corrected chi connectivity index (χ2v) is 7.97. The highest BCUT2D eigenvalue weighted by Gasteiger charge is 2.40. The van der Waals surface area contributed by atoms with Crippen LogP contribution >= 0.6 is 11.3 Å². The van der Waals surface area contributed by atoms with Gasteiger partial charge in [-0.05, 0) is 37.6 Å². The van der Waals surface area contributed by atoms with Crippen LogP contribution in [0.15, 0.2) is 11.6 Å². The van der Waals surface area contributed by atoms with E-state index in [1.165, 1.54) is 43.9 Å². The molecular weight excluding hydrogens is 294 g/mol. The number of fused-ring (bicyclic) bond motifs is 1. The molecule has 3 atom stereocenters. The minimum Gasteiger partial charge on any atom is -0.383 e. The van der Waals surface area contributed by atoms with Crippen LogP contribution < -0.4 is 0 Å². The number of thiazole rings is 1. The highest BCUT2D eigenvalue weighted by molar-refractivity contribution is 7.09. The summed E-state index contributed by atoms with van der Waals surface area (Å²) in [5, 5.41) is 3.36. The largest absolute Gasteiger partial charge is 0.383 e. The van der Waals surface area contributed by atoms with Gasteiger partial charge in [-0.2, -0.15) is 0 Å². The van der Waals surface area contributed by atoms with Crippen molar-refractivity contribution in [1.82, 2.24) is 14.8 Å². The smallest absolute Gasteiger partial charge is 0.107 e. The Morgan fingerprint density at radius 1 is 1.41 bits per heavy atom. The van der Waals surface area contributed by atoms with E-state index >= 15 is 0 Å². The first-order chi connectivity index (χ1) is 10.8. The van der Waals surface area contributed by atoms with Crippen molar-refractivity contribution in [2.45, 2.75) is 25.8 Å². The number of likely N-dealkylation sites (tertiary alicyclic amines) is 1. The standard InChI is InChI=1S/C17H29N3OS/c1-19(7-8-21-2)10-14-4-3-5-15-11-20(12-16(14)15)13-17-18-6-9-22-17/h6,9,14-16H,3-5,7-8,10-13H2,1-2H3/t14-,15+,16-/m0/s1. The summed E-state index contributed by atoms with van der Waals surface area (Å²) < 4.78 is 5.21. The molecule has 4 nitrogen and oxygen atoms in total. The zero-order chi connectivity index (χ0) is 15.4. The molecule has 5 heteroatoms. The van der Waals surface area contributed by atoms with E-state index in [0.717, 1.165) is 37.5 Å². The fourth-order valence-corrected chi connectivity index (χ4v) is 4.96. The molecule has 2 aliphatic rings. The van der Waals surface area contributed by atoms with E-state index < -0.39 is 0 Å². The Morgan fingerprint density at radius 2 is 2.32 bits per heavy atom. The lowest BCUT2D eigenvalue weighted by Crippen LogP contribution is -2.37. The van der Waals surface area contributed by atoms with E-state index in [1.54, 1.807) is 18.4 Å². The molecule has 1 aliphatic carbocycles. The molecule has 1 aromatic rings. The first-order valence-electron chi connectivity index (χ1n) is 8.54. The van der Waals surface area contributed by atoms with Gasteiger partial charge >= 0.3 is 0 Å². The van der Waals surface area contributed by atoms with E-state index in [9.17, 15) is 0 Å². The lowest BCUT2D eigenvalue weighted by atomic mass is 9.74. The Kier molecular flexibility index (Phi) is 5.85. The van der Waals surface area contributed by atoms with Gasteiger partial charge < -0.3 is 9.64 Å². The van der Waals surface area contributed by atoms with Crippen LogP contribution in [0.4, 0.5) is 0 Å². The molecule has 2 fully saturated rings. The van der Waals surface area contributed by atoms with Crippen LogP contribution in [0, 0.1) is 17.8 Å². The molecule has 0 radical (unpaired) electrons. The van der Waals surface area contributed by atoms with Crippen LogP contribution in [0.1, 0.15) is 24.3 Å². The van der Waals surface area contributed by atoms with Crippen LogP contribution in [-0.4, -0.2) is 61.7 Å². The maximum atomic E-state index is 5.21. The van der Waals surface area contributed by atoms with E-state index in [0.29, 0.717) is 0 Å². The fraction of sp³-hybridized carbons (Fsp3) is 0.824. The SMILES string of the molecule is COCCN(C)C[C@@H]1CCC[C@@H]2CN(Cc3nccs3)C[C@H]21. The number of likely N-dealkylation sites (N-methyl/N-ethyl adjacent to an activating group) is 1. The molecule has 1 aromatic heterocycles. The molecule has 0 aromatic carbocycles. The van der Waals surface area contributed by atoms with Gasteiger partial charge in [0.15, 0.2) is 0 Å². The molecule has 2 heterocycles. The normalized spacial score (nSPS) is 29.1. The number of methoxy groups -OCH3 is 1. The highest BCUT2D eigenvalue weighted by atomic mass is 32.1. The number of rotatable bonds is 7. The third-order valence-electron chi connectivity index (χ3n) is 5.39. The zero-order valence-corrected chi connectivity index (χ0v) is 14.7. The first-order valence-corrected chi connectivity index (χ1v) is 9.42. The molecule has 1 saturated carbocycles. The lowest BCUT2D eigenvalue weighted by Gasteiger charge is -2.35. The van der Waals surface area contributed by atoms with E-state index in [1.807, 2.05) is 6.20 Å². The Hall–Kier alpha value is -0.490. The van der Waals surface area contributed by atoms with Crippen LogP contribution in [-0.2, 0) is 11.3 Å². The Labute approximate surface area is 138 Å². The quantitative estimate of drug-likeness (QED) is 0.771. The summed E-state index contributed by atoms with van der Waals surface area (Å²) in [7, 11) is 4.03. The zero-order valence-electron chi connectivity index (χ0n) is 13.9. The summed E-state index contributed by atoms with van der Waals surface area (Å²) in [6.45, 7) is 6.72. The monoisotopic (exact) mass is 323 g/mol. The molecule has 22 heavy (non-hydrogen) atoms.